The normalized spacial score (nSPS) is 10.2. The molecule has 0 atom stereocenters. The number of rotatable bonds is 6. The van der Waals surface area contributed by atoms with E-state index >= 15 is 0 Å². The van der Waals surface area contributed by atoms with Gasteiger partial charge in [0.2, 0.25) is 5.95 Å². The van der Waals surface area contributed by atoms with Crippen LogP contribution in [-0.2, 0) is 0 Å². The van der Waals surface area contributed by atoms with E-state index in [-0.39, 0.29) is 5.75 Å². The van der Waals surface area contributed by atoms with Crippen molar-refractivity contribution < 1.29 is 18.7 Å². The number of pyridine rings is 1. The third-order valence-corrected chi connectivity index (χ3v) is 2.77. The Morgan fingerprint density at radius 1 is 1.14 bits per heavy atom. The second kappa shape index (κ2) is 7.38. The van der Waals surface area contributed by atoms with Crippen LogP contribution in [0, 0.1) is 5.95 Å². The molecule has 110 valence electrons. The second-order valence-corrected chi connectivity index (χ2v) is 4.43. The van der Waals surface area contributed by atoms with Crippen molar-refractivity contribution in [3.8, 4) is 11.5 Å². The van der Waals surface area contributed by atoms with Gasteiger partial charge in [-0.1, -0.05) is 13.3 Å². The van der Waals surface area contributed by atoms with E-state index in [9.17, 15) is 9.18 Å². The maximum Gasteiger partial charge on any atom is 0.343 e. The summed E-state index contributed by atoms with van der Waals surface area (Å²) in [6.45, 7) is 2.74. The third-order valence-electron chi connectivity index (χ3n) is 2.77. The Bertz CT molecular complexity index is 581. The first-order valence-corrected chi connectivity index (χ1v) is 6.75. The van der Waals surface area contributed by atoms with Crippen molar-refractivity contribution in [3.63, 3.8) is 0 Å². The van der Waals surface area contributed by atoms with Crippen molar-refractivity contribution in [1.82, 2.24) is 4.98 Å². The van der Waals surface area contributed by atoms with E-state index in [0.717, 1.165) is 25.1 Å². The molecule has 0 radical (unpaired) electrons. The van der Waals surface area contributed by atoms with E-state index in [1.807, 2.05) is 0 Å². The highest BCUT2D eigenvalue weighted by Crippen LogP contribution is 2.15. The highest BCUT2D eigenvalue weighted by molar-refractivity contribution is 5.91. The van der Waals surface area contributed by atoms with Crippen LogP contribution in [0.2, 0.25) is 0 Å². The quantitative estimate of drug-likeness (QED) is 0.463. The summed E-state index contributed by atoms with van der Waals surface area (Å²) in [6.07, 6.45) is 3.22. The number of hydrogen-bond acceptors (Lipinski definition) is 4. The van der Waals surface area contributed by atoms with Crippen LogP contribution in [0.15, 0.2) is 42.6 Å². The Hall–Kier alpha value is -2.43. The van der Waals surface area contributed by atoms with Gasteiger partial charge in [0.15, 0.2) is 0 Å². The average molecular weight is 289 g/mol. The number of aromatic nitrogens is 1. The van der Waals surface area contributed by atoms with Crippen molar-refractivity contribution in [2.45, 2.75) is 19.8 Å². The first-order chi connectivity index (χ1) is 10.2. The Balaban J connectivity index is 1.94. The average Bonchev–Trinajstić information content (AvgIpc) is 2.50. The molecule has 0 aliphatic carbocycles. The maximum atomic E-state index is 12.7. The lowest BCUT2D eigenvalue weighted by Gasteiger charge is -2.07. The molecule has 0 spiro atoms. The van der Waals surface area contributed by atoms with Gasteiger partial charge in [-0.2, -0.15) is 4.39 Å². The van der Waals surface area contributed by atoms with Gasteiger partial charge in [-0.15, -0.1) is 0 Å². The summed E-state index contributed by atoms with van der Waals surface area (Å²) in [4.78, 5) is 15.3. The minimum absolute atomic E-state index is 0.199. The van der Waals surface area contributed by atoms with E-state index in [2.05, 4.69) is 11.9 Å². The number of nitrogens with zero attached hydrogens (tertiary/aromatic N) is 1. The summed E-state index contributed by atoms with van der Waals surface area (Å²) in [7, 11) is 0. The number of ether oxygens (including phenoxy) is 2. The molecule has 0 bridgehead atoms. The monoisotopic (exact) mass is 289 g/mol. The second-order valence-electron chi connectivity index (χ2n) is 4.43. The lowest BCUT2D eigenvalue weighted by Crippen LogP contribution is -2.08. The molecule has 0 aliphatic heterocycles. The van der Waals surface area contributed by atoms with Crippen molar-refractivity contribution in [1.29, 1.82) is 0 Å². The van der Waals surface area contributed by atoms with Crippen LogP contribution in [0.3, 0.4) is 0 Å². The highest BCUT2D eigenvalue weighted by Gasteiger charge is 2.09. The van der Waals surface area contributed by atoms with Crippen LogP contribution in [0.4, 0.5) is 4.39 Å². The molecule has 0 unspecified atom stereocenters. The number of benzene rings is 1. The fourth-order valence-electron chi connectivity index (χ4n) is 1.61. The summed E-state index contributed by atoms with van der Waals surface area (Å²) in [5.74, 6) is -0.236. The molecule has 0 amide bonds. The molecule has 21 heavy (non-hydrogen) atoms. The molecule has 0 saturated carbocycles. The minimum atomic E-state index is -0.622. The van der Waals surface area contributed by atoms with Crippen molar-refractivity contribution in [2.75, 3.05) is 6.61 Å². The third kappa shape index (κ3) is 4.56. The first kappa shape index (κ1) is 15.0. The van der Waals surface area contributed by atoms with E-state index in [1.54, 1.807) is 24.3 Å². The molecule has 1 aromatic carbocycles. The Labute approximate surface area is 122 Å². The molecule has 2 aromatic rings. The van der Waals surface area contributed by atoms with Gasteiger partial charge in [0.25, 0.3) is 0 Å². The van der Waals surface area contributed by atoms with Crippen LogP contribution in [0.25, 0.3) is 0 Å². The number of carbonyl (C=O) groups excluding carboxylic acids is 1. The van der Waals surface area contributed by atoms with Crippen molar-refractivity contribution >= 4 is 5.97 Å². The molecule has 1 aromatic heterocycles. The predicted octanol–water partition coefficient (Wildman–Crippen LogP) is 3.62. The van der Waals surface area contributed by atoms with Crippen LogP contribution in [0.5, 0.6) is 11.5 Å². The maximum absolute atomic E-state index is 12.7. The topological polar surface area (TPSA) is 48.4 Å². The summed E-state index contributed by atoms with van der Waals surface area (Å²) in [6, 6.07) is 9.17. The van der Waals surface area contributed by atoms with E-state index in [1.165, 1.54) is 6.07 Å². The van der Waals surface area contributed by atoms with Gasteiger partial charge in [-0.3, -0.25) is 0 Å². The molecule has 1 heterocycles. The Kier molecular flexibility index (Phi) is 5.26. The number of unbranched alkanes of at least 4 members (excludes halogenated alkanes) is 1. The van der Waals surface area contributed by atoms with Gasteiger partial charge < -0.3 is 9.47 Å². The summed E-state index contributed by atoms with van der Waals surface area (Å²) < 4.78 is 23.2. The van der Waals surface area contributed by atoms with E-state index < -0.39 is 11.9 Å². The van der Waals surface area contributed by atoms with Crippen LogP contribution in [-0.4, -0.2) is 17.6 Å². The van der Waals surface area contributed by atoms with Gasteiger partial charge in [0.1, 0.15) is 11.5 Å². The fourth-order valence-corrected chi connectivity index (χ4v) is 1.61. The molecule has 0 fully saturated rings. The molecular weight excluding hydrogens is 273 g/mol. The van der Waals surface area contributed by atoms with E-state index in [4.69, 9.17) is 9.47 Å². The van der Waals surface area contributed by atoms with Gasteiger partial charge in [-0.25, -0.2) is 9.78 Å². The zero-order chi connectivity index (χ0) is 15.1. The number of esters is 1. The fraction of sp³-hybridized carbons (Fsp3) is 0.250. The van der Waals surface area contributed by atoms with Crippen LogP contribution >= 0.6 is 0 Å². The Morgan fingerprint density at radius 2 is 1.86 bits per heavy atom. The largest absolute Gasteiger partial charge is 0.494 e. The Morgan fingerprint density at radius 3 is 2.48 bits per heavy atom. The highest BCUT2D eigenvalue weighted by atomic mass is 19.1. The molecule has 0 N–H and O–H groups in total. The molecule has 0 aliphatic rings. The molecular formula is C16H16FNO3. The smallest absolute Gasteiger partial charge is 0.343 e. The molecule has 5 heteroatoms. The summed E-state index contributed by atoms with van der Waals surface area (Å²) in [5.41, 5.74) is 0.391. The van der Waals surface area contributed by atoms with E-state index in [0.29, 0.717) is 17.9 Å². The predicted molar refractivity (Wildman–Crippen MR) is 76.0 cm³/mol. The number of hydrogen-bond donors (Lipinski definition) is 0. The lowest BCUT2D eigenvalue weighted by molar-refractivity contribution is 0.0734. The van der Waals surface area contributed by atoms with Crippen LogP contribution < -0.4 is 9.47 Å². The summed E-state index contributed by atoms with van der Waals surface area (Å²) >= 11 is 0. The standard InChI is InChI=1S/C16H16FNO3/c1-2-3-10-20-13-6-4-12(5-7-13)16(19)21-14-8-9-15(17)18-11-14/h4-9,11H,2-3,10H2,1H3. The van der Waals surface area contributed by atoms with Crippen molar-refractivity contribution in [2.24, 2.45) is 0 Å². The van der Waals surface area contributed by atoms with Gasteiger partial charge >= 0.3 is 5.97 Å². The van der Waals surface area contributed by atoms with Gasteiger partial charge in [-0.05, 0) is 42.8 Å². The summed E-state index contributed by atoms with van der Waals surface area (Å²) in [5, 5.41) is 0. The SMILES string of the molecule is CCCCOc1ccc(C(=O)Oc2ccc(F)nc2)cc1. The lowest BCUT2D eigenvalue weighted by atomic mass is 10.2. The zero-order valence-corrected chi connectivity index (χ0v) is 11.7. The molecule has 2 rings (SSSR count). The first-order valence-electron chi connectivity index (χ1n) is 6.75. The molecule has 0 saturated heterocycles. The molecule has 4 nitrogen and oxygen atoms in total. The minimum Gasteiger partial charge on any atom is -0.494 e. The van der Waals surface area contributed by atoms with Gasteiger partial charge in [0, 0.05) is 0 Å². The number of carbonyl (C=O) groups is 1. The van der Waals surface area contributed by atoms with Crippen molar-refractivity contribution in [3.05, 3.63) is 54.1 Å². The van der Waals surface area contributed by atoms with Gasteiger partial charge in [0.05, 0.1) is 18.4 Å². The van der Waals surface area contributed by atoms with Crippen LogP contribution in [0.1, 0.15) is 30.1 Å². The number of halogens is 1. The zero-order valence-electron chi connectivity index (χ0n) is 11.7.